The number of nitrogens with two attached hydrogens (primary N) is 1. The molecule has 0 saturated heterocycles. The summed E-state index contributed by atoms with van der Waals surface area (Å²) in [7, 11) is -4.11. The van der Waals surface area contributed by atoms with Crippen molar-refractivity contribution < 1.29 is 17.5 Å². The topological polar surface area (TPSA) is 69.4 Å². The van der Waals surface area contributed by atoms with E-state index in [1.807, 2.05) is 24.3 Å². The van der Waals surface area contributed by atoms with E-state index in [-0.39, 0.29) is 12.4 Å². The van der Waals surface area contributed by atoms with Crippen LogP contribution in [0.25, 0.3) is 0 Å². The number of primary sulfonamides is 1. The van der Waals surface area contributed by atoms with Crippen LogP contribution in [0.2, 0.25) is 0 Å². The van der Waals surface area contributed by atoms with Crippen molar-refractivity contribution >= 4 is 48.5 Å². The predicted octanol–water partition coefficient (Wildman–Crippen LogP) is 3.42. The third-order valence-corrected chi connectivity index (χ3v) is 4.87. The molecule has 2 aromatic rings. The highest BCUT2D eigenvalue weighted by atomic mass is 127. The van der Waals surface area contributed by atoms with Gasteiger partial charge in [0, 0.05) is 9.64 Å². The maximum absolute atomic E-state index is 13.7. The van der Waals surface area contributed by atoms with Crippen LogP contribution in [-0.2, 0) is 16.6 Å². The maximum Gasteiger partial charge on any atom is 0.241 e. The van der Waals surface area contributed by atoms with Gasteiger partial charge in [-0.15, -0.1) is 0 Å². The van der Waals surface area contributed by atoms with Crippen molar-refractivity contribution in [3.8, 4) is 5.75 Å². The minimum atomic E-state index is -4.11. The molecule has 0 saturated carbocycles. The fourth-order valence-electron chi connectivity index (χ4n) is 1.58. The summed E-state index contributed by atoms with van der Waals surface area (Å²) in [5, 5.41) is 4.93. The Morgan fingerprint density at radius 2 is 1.86 bits per heavy atom. The maximum atomic E-state index is 13.7. The molecule has 8 heteroatoms. The molecule has 0 aliphatic rings. The van der Waals surface area contributed by atoms with E-state index in [4.69, 9.17) is 9.88 Å². The van der Waals surface area contributed by atoms with Gasteiger partial charge < -0.3 is 4.74 Å². The van der Waals surface area contributed by atoms with Gasteiger partial charge in [0.2, 0.25) is 10.0 Å². The lowest BCUT2D eigenvalue weighted by molar-refractivity contribution is 0.302. The molecular formula is C13H10BrFINO3S. The van der Waals surface area contributed by atoms with Crippen LogP contribution in [0.4, 0.5) is 4.39 Å². The van der Waals surface area contributed by atoms with Crippen LogP contribution in [0, 0.1) is 9.39 Å². The molecule has 0 aromatic heterocycles. The van der Waals surface area contributed by atoms with Crippen molar-refractivity contribution in [3.63, 3.8) is 0 Å². The van der Waals surface area contributed by atoms with E-state index in [9.17, 15) is 12.8 Å². The lowest BCUT2D eigenvalue weighted by Crippen LogP contribution is -2.14. The van der Waals surface area contributed by atoms with Gasteiger partial charge in [0.15, 0.2) is 0 Å². The molecule has 112 valence electrons. The molecule has 0 fully saturated rings. The first-order chi connectivity index (χ1) is 9.77. The van der Waals surface area contributed by atoms with Gasteiger partial charge in [0.05, 0.1) is 4.47 Å². The van der Waals surface area contributed by atoms with Crippen LogP contribution in [0.5, 0.6) is 5.75 Å². The summed E-state index contributed by atoms with van der Waals surface area (Å²) in [5.74, 6) is -0.739. The number of ether oxygens (including phenoxy) is 1. The summed E-state index contributed by atoms with van der Waals surface area (Å²) in [6.45, 7) is 0.240. The summed E-state index contributed by atoms with van der Waals surface area (Å²) in [6.07, 6.45) is 0. The Balaban J connectivity index is 2.21. The molecule has 0 heterocycles. The van der Waals surface area contributed by atoms with E-state index in [1.54, 1.807) is 0 Å². The number of halogens is 3. The first-order valence-electron chi connectivity index (χ1n) is 5.66. The van der Waals surface area contributed by atoms with Gasteiger partial charge in [0.25, 0.3) is 0 Å². The van der Waals surface area contributed by atoms with Crippen LogP contribution >= 0.6 is 38.5 Å². The normalized spacial score (nSPS) is 11.4. The Labute approximate surface area is 143 Å². The molecule has 2 aromatic carbocycles. The summed E-state index contributed by atoms with van der Waals surface area (Å²) >= 11 is 5.34. The van der Waals surface area contributed by atoms with E-state index in [0.29, 0.717) is 4.47 Å². The second-order valence-electron chi connectivity index (χ2n) is 4.17. The van der Waals surface area contributed by atoms with Crippen molar-refractivity contribution in [2.24, 2.45) is 5.14 Å². The van der Waals surface area contributed by atoms with E-state index in [1.165, 1.54) is 0 Å². The molecule has 0 spiro atoms. The Bertz CT molecular complexity index is 766. The average Bonchev–Trinajstić information content (AvgIpc) is 2.40. The molecule has 0 unspecified atom stereocenters. The van der Waals surface area contributed by atoms with E-state index < -0.39 is 20.7 Å². The van der Waals surface area contributed by atoms with Gasteiger partial charge in [-0.1, -0.05) is 12.1 Å². The summed E-state index contributed by atoms with van der Waals surface area (Å²) in [5.41, 5.74) is 0.915. The van der Waals surface area contributed by atoms with E-state index >= 15 is 0 Å². The molecular weight excluding hydrogens is 476 g/mol. The van der Waals surface area contributed by atoms with Crippen LogP contribution < -0.4 is 9.88 Å². The standard InChI is InChI=1S/C13H10BrFINO3S/c14-10-5-13(21(17,18)19)11(15)6-12(10)20-7-8-1-3-9(16)4-2-8/h1-6H,7H2,(H2,17,18,19). The minimum absolute atomic E-state index is 0.207. The van der Waals surface area contributed by atoms with Gasteiger partial charge in [-0.3, -0.25) is 0 Å². The van der Waals surface area contributed by atoms with E-state index in [2.05, 4.69) is 38.5 Å². The van der Waals surface area contributed by atoms with Crippen molar-refractivity contribution in [2.75, 3.05) is 0 Å². The zero-order valence-electron chi connectivity index (χ0n) is 10.5. The summed E-state index contributed by atoms with van der Waals surface area (Å²) in [6, 6.07) is 9.73. The lowest BCUT2D eigenvalue weighted by atomic mass is 10.2. The molecule has 0 radical (unpaired) electrons. The molecule has 4 nitrogen and oxygen atoms in total. The monoisotopic (exact) mass is 485 g/mol. The molecule has 2 N–H and O–H groups in total. The second kappa shape index (κ2) is 6.59. The molecule has 0 atom stereocenters. The number of benzene rings is 2. The zero-order valence-corrected chi connectivity index (χ0v) is 15.1. The molecule has 21 heavy (non-hydrogen) atoms. The van der Waals surface area contributed by atoms with Crippen molar-refractivity contribution in [2.45, 2.75) is 11.5 Å². The summed E-state index contributed by atoms with van der Waals surface area (Å²) < 4.78 is 43.1. The van der Waals surface area contributed by atoms with E-state index in [0.717, 1.165) is 21.3 Å². The fraction of sp³-hybridized carbons (Fsp3) is 0.0769. The Kier molecular flexibility index (Phi) is 5.23. The van der Waals surface area contributed by atoms with Crippen molar-refractivity contribution in [3.05, 3.63) is 55.8 Å². The number of rotatable bonds is 4. The van der Waals surface area contributed by atoms with Crippen LogP contribution in [0.1, 0.15) is 5.56 Å². The average molecular weight is 486 g/mol. The summed E-state index contributed by atoms with van der Waals surface area (Å²) in [4.78, 5) is -0.573. The Hall–Kier alpha value is -0.710. The minimum Gasteiger partial charge on any atom is -0.488 e. The van der Waals surface area contributed by atoms with Gasteiger partial charge >= 0.3 is 0 Å². The van der Waals surface area contributed by atoms with Gasteiger partial charge in [0.1, 0.15) is 23.1 Å². The first-order valence-corrected chi connectivity index (χ1v) is 9.08. The highest BCUT2D eigenvalue weighted by Gasteiger charge is 2.18. The fourth-order valence-corrected chi connectivity index (χ4v) is 3.16. The van der Waals surface area contributed by atoms with Crippen LogP contribution in [-0.4, -0.2) is 8.42 Å². The van der Waals surface area contributed by atoms with Crippen LogP contribution in [0.15, 0.2) is 45.8 Å². The Morgan fingerprint density at radius 3 is 2.43 bits per heavy atom. The van der Waals surface area contributed by atoms with Gasteiger partial charge in [-0.05, 0) is 62.3 Å². The van der Waals surface area contributed by atoms with Crippen molar-refractivity contribution in [1.82, 2.24) is 0 Å². The van der Waals surface area contributed by atoms with Crippen molar-refractivity contribution in [1.29, 1.82) is 0 Å². The number of sulfonamides is 1. The lowest BCUT2D eigenvalue weighted by Gasteiger charge is -2.10. The van der Waals surface area contributed by atoms with Crippen LogP contribution in [0.3, 0.4) is 0 Å². The molecule has 0 aliphatic heterocycles. The van der Waals surface area contributed by atoms with Gasteiger partial charge in [-0.25, -0.2) is 17.9 Å². The third-order valence-electron chi connectivity index (χ3n) is 2.60. The second-order valence-corrected chi connectivity index (χ2v) is 7.80. The quantitative estimate of drug-likeness (QED) is 0.674. The number of hydrogen-bond donors (Lipinski definition) is 1. The molecule has 0 aliphatic carbocycles. The smallest absolute Gasteiger partial charge is 0.241 e. The molecule has 0 bridgehead atoms. The highest BCUT2D eigenvalue weighted by molar-refractivity contribution is 14.1. The zero-order chi connectivity index (χ0) is 15.6. The Morgan fingerprint density at radius 1 is 1.24 bits per heavy atom. The van der Waals surface area contributed by atoms with Gasteiger partial charge in [-0.2, -0.15) is 0 Å². The SMILES string of the molecule is NS(=O)(=O)c1cc(Br)c(OCc2ccc(I)cc2)cc1F. The third kappa shape index (κ3) is 4.38. The first kappa shape index (κ1) is 16.7. The largest absolute Gasteiger partial charge is 0.488 e. The molecule has 2 rings (SSSR count). The number of hydrogen-bond acceptors (Lipinski definition) is 3. The highest BCUT2D eigenvalue weighted by Crippen LogP contribution is 2.30. The molecule has 0 amide bonds. The predicted molar refractivity (Wildman–Crippen MR) is 89.0 cm³/mol.